The number of ether oxygens (including phenoxy) is 1. The number of carbonyl (C=O) groups is 2. The summed E-state index contributed by atoms with van der Waals surface area (Å²) in [7, 11) is 0. The van der Waals surface area contributed by atoms with Crippen molar-refractivity contribution < 1.29 is 32.0 Å². The Morgan fingerprint density at radius 1 is 1.21 bits per heavy atom. The molecule has 0 aliphatic rings. The van der Waals surface area contributed by atoms with E-state index in [1.165, 1.54) is 13.1 Å². The van der Waals surface area contributed by atoms with Crippen LogP contribution in [0, 0.1) is 13.8 Å². The molecule has 13 heteroatoms. The number of imidazole rings is 1. The Morgan fingerprint density at radius 2 is 1.95 bits per heavy atom. The molecule has 0 saturated heterocycles. The number of rotatable bonds is 8. The van der Waals surface area contributed by atoms with Crippen molar-refractivity contribution in [1.29, 1.82) is 0 Å². The third-order valence-electron chi connectivity index (χ3n) is 6.23. The molecule has 3 aromatic heterocycles. The van der Waals surface area contributed by atoms with Crippen LogP contribution in [0.15, 0.2) is 47.2 Å². The summed E-state index contributed by atoms with van der Waals surface area (Å²) in [5, 5.41) is 6.72. The number of fused-ring (bicyclic) bond motifs is 1. The minimum atomic E-state index is -4.84. The van der Waals surface area contributed by atoms with Crippen molar-refractivity contribution in [1.82, 2.24) is 19.5 Å². The molecule has 0 radical (unpaired) electrons. The van der Waals surface area contributed by atoms with Gasteiger partial charge in [0.05, 0.1) is 6.20 Å². The van der Waals surface area contributed by atoms with E-state index >= 15 is 0 Å². The second-order valence-electron chi connectivity index (χ2n) is 9.51. The minimum Gasteiger partial charge on any atom is -0.449 e. The molecule has 0 aliphatic heterocycles. The lowest BCUT2D eigenvalue weighted by molar-refractivity contribution is -0.266. The van der Waals surface area contributed by atoms with E-state index in [9.17, 15) is 22.8 Å². The summed E-state index contributed by atoms with van der Waals surface area (Å²) in [5.41, 5.74) is 6.28. The maximum absolute atomic E-state index is 13.7. The van der Waals surface area contributed by atoms with Gasteiger partial charge in [0, 0.05) is 30.3 Å². The predicted molar refractivity (Wildman–Crippen MR) is 135 cm³/mol. The van der Waals surface area contributed by atoms with Gasteiger partial charge in [0.2, 0.25) is 17.3 Å². The number of nitrogens with two attached hydrogens (primary N) is 1. The molecule has 1 unspecified atom stereocenters. The molecule has 1 amide bonds. The van der Waals surface area contributed by atoms with E-state index in [2.05, 4.69) is 25.2 Å². The van der Waals surface area contributed by atoms with Crippen LogP contribution in [0.3, 0.4) is 0 Å². The largest absolute Gasteiger partial charge is 0.449 e. The topological polar surface area (TPSA) is 138 Å². The van der Waals surface area contributed by atoms with Gasteiger partial charge in [0.25, 0.3) is 5.91 Å². The zero-order chi connectivity index (χ0) is 28.5. The summed E-state index contributed by atoms with van der Waals surface area (Å²) >= 11 is 0. The highest BCUT2D eigenvalue weighted by molar-refractivity contribution is 6.04. The Hall–Kier alpha value is -4.26. The van der Waals surface area contributed by atoms with Crippen molar-refractivity contribution in [3.63, 3.8) is 0 Å². The number of aromatic nitrogens is 4. The molecule has 1 aromatic carbocycles. The number of hydrogen-bond donors (Lipinski definition) is 2. The minimum absolute atomic E-state index is 0.0792. The number of halogens is 3. The average molecular weight is 545 g/mol. The number of nitrogens with zero attached hydrogens (tertiary/aromatic N) is 4. The Balaban J connectivity index is 1.50. The first-order chi connectivity index (χ1) is 18.3. The SMILES string of the molecule is Cc1ccn2c(C(=O)Nc3cc(-c4noc(CCC(C)(OC(=O)[C@H](C)N)C(F)(F)F)n4)ccc3C)cnc2c1. The fraction of sp³-hybridized carbons (Fsp3) is 0.346. The second-order valence-corrected chi connectivity index (χ2v) is 9.51. The lowest BCUT2D eigenvalue weighted by atomic mass is 9.99. The molecule has 3 N–H and O–H groups in total. The van der Waals surface area contributed by atoms with E-state index in [0.717, 1.165) is 18.1 Å². The van der Waals surface area contributed by atoms with E-state index in [-0.39, 0.29) is 24.0 Å². The van der Waals surface area contributed by atoms with Gasteiger partial charge in [-0.15, -0.1) is 0 Å². The van der Waals surface area contributed by atoms with Crippen molar-refractivity contribution in [3.05, 3.63) is 65.4 Å². The fourth-order valence-corrected chi connectivity index (χ4v) is 3.72. The molecule has 39 heavy (non-hydrogen) atoms. The summed E-state index contributed by atoms with van der Waals surface area (Å²) in [6.07, 6.45) is -2.56. The molecule has 0 saturated carbocycles. The molecule has 0 spiro atoms. The normalized spacial score (nSPS) is 14.2. The molecular formula is C26H27F3N6O4. The van der Waals surface area contributed by atoms with Crippen molar-refractivity contribution in [2.45, 2.75) is 58.4 Å². The van der Waals surface area contributed by atoms with Gasteiger partial charge in [0.1, 0.15) is 17.4 Å². The molecule has 206 valence electrons. The predicted octanol–water partition coefficient (Wildman–Crippen LogP) is 4.40. The smallest absolute Gasteiger partial charge is 0.428 e. The number of pyridine rings is 1. The van der Waals surface area contributed by atoms with Crippen LogP contribution in [-0.4, -0.2) is 49.2 Å². The number of esters is 1. The third kappa shape index (κ3) is 5.93. The molecule has 4 rings (SSSR count). The van der Waals surface area contributed by atoms with Gasteiger partial charge in [-0.25, -0.2) is 4.98 Å². The zero-order valence-corrected chi connectivity index (χ0v) is 21.7. The summed E-state index contributed by atoms with van der Waals surface area (Å²) < 4.78 is 52.5. The molecule has 3 heterocycles. The van der Waals surface area contributed by atoms with E-state index in [4.69, 9.17) is 10.3 Å². The van der Waals surface area contributed by atoms with Gasteiger partial charge in [-0.05, 0) is 57.0 Å². The standard InChI is InChI=1S/C26H27F3N6O4/c1-14-8-10-35-19(13-31-20(35)11-14)23(36)32-18-12-17(6-5-15(18)2)22-33-21(39-34-22)7-9-25(4,26(27,28)29)38-24(37)16(3)30/h5-6,8,10-13,16H,7,9,30H2,1-4H3,(H,32,36)/t16-,25?/m0/s1. The highest BCUT2D eigenvalue weighted by Gasteiger charge is 2.54. The lowest BCUT2D eigenvalue weighted by Crippen LogP contribution is -2.49. The average Bonchev–Trinajstić information content (AvgIpc) is 3.50. The van der Waals surface area contributed by atoms with Crippen LogP contribution in [0.4, 0.5) is 18.9 Å². The van der Waals surface area contributed by atoms with Crippen molar-refractivity contribution in [3.8, 4) is 11.4 Å². The van der Waals surface area contributed by atoms with E-state index in [1.807, 2.05) is 19.1 Å². The fourth-order valence-electron chi connectivity index (χ4n) is 3.72. The van der Waals surface area contributed by atoms with Crippen LogP contribution >= 0.6 is 0 Å². The second kappa shape index (κ2) is 10.5. The first-order valence-electron chi connectivity index (χ1n) is 12.0. The Morgan fingerprint density at radius 3 is 2.64 bits per heavy atom. The third-order valence-corrected chi connectivity index (χ3v) is 6.23. The first-order valence-corrected chi connectivity index (χ1v) is 12.0. The molecule has 0 fully saturated rings. The summed E-state index contributed by atoms with van der Waals surface area (Å²) in [6, 6.07) is 7.59. The number of amides is 1. The zero-order valence-electron chi connectivity index (χ0n) is 21.7. The maximum Gasteiger partial charge on any atom is 0.428 e. The Bertz CT molecular complexity index is 1530. The van der Waals surface area contributed by atoms with Crippen LogP contribution in [0.25, 0.3) is 17.0 Å². The van der Waals surface area contributed by atoms with Crippen molar-refractivity contribution in [2.24, 2.45) is 5.73 Å². The molecule has 0 aliphatic carbocycles. The highest BCUT2D eigenvalue weighted by atomic mass is 19.4. The number of benzene rings is 1. The van der Waals surface area contributed by atoms with Gasteiger partial charge >= 0.3 is 12.1 Å². The number of hydrogen-bond acceptors (Lipinski definition) is 8. The van der Waals surface area contributed by atoms with Crippen LogP contribution in [0.1, 0.15) is 47.8 Å². The van der Waals surface area contributed by atoms with Crippen LogP contribution in [0.2, 0.25) is 0 Å². The van der Waals surface area contributed by atoms with Crippen molar-refractivity contribution in [2.75, 3.05) is 5.32 Å². The quantitative estimate of drug-likeness (QED) is 0.312. The monoisotopic (exact) mass is 544 g/mol. The molecule has 10 nitrogen and oxygen atoms in total. The van der Waals surface area contributed by atoms with Crippen molar-refractivity contribution >= 4 is 23.2 Å². The van der Waals surface area contributed by atoms with Gasteiger partial charge in [-0.3, -0.25) is 14.0 Å². The van der Waals surface area contributed by atoms with E-state index in [1.54, 1.807) is 35.7 Å². The van der Waals surface area contributed by atoms with Gasteiger partial charge in [0.15, 0.2) is 0 Å². The maximum atomic E-state index is 13.7. The van der Waals surface area contributed by atoms with Crippen LogP contribution < -0.4 is 11.1 Å². The molecule has 2 atom stereocenters. The van der Waals surface area contributed by atoms with Gasteiger partial charge in [-0.2, -0.15) is 18.2 Å². The number of alkyl halides is 3. The highest BCUT2D eigenvalue weighted by Crippen LogP contribution is 2.37. The van der Waals surface area contributed by atoms with Crippen LogP contribution in [-0.2, 0) is 16.0 Å². The summed E-state index contributed by atoms with van der Waals surface area (Å²) in [5.74, 6) is -1.51. The van der Waals surface area contributed by atoms with E-state index in [0.29, 0.717) is 22.6 Å². The molecular weight excluding hydrogens is 517 g/mol. The van der Waals surface area contributed by atoms with Gasteiger partial charge in [-0.1, -0.05) is 17.3 Å². The summed E-state index contributed by atoms with van der Waals surface area (Å²) in [6.45, 7) is 5.74. The number of carbonyl (C=O) groups excluding carboxylic acids is 2. The lowest BCUT2D eigenvalue weighted by Gasteiger charge is -2.31. The first kappa shape index (κ1) is 27.8. The number of nitrogens with one attached hydrogen (secondary N) is 1. The Kier molecular flexibility index (Phi) is 7.46. The number of aryl methyl sites for hydroxylation is 3. The van der Waals surface area contributed by atoms with Gasteiger partial charge < -0.3 is 20.3 Å². The molecule has 0 bridgehead atoms. The van der Waals surface area contributed by atoms with Crippen LogP contribution in [0.5, 0.6) is 0 Å². The molecule has 4 aromatic rings. The number of anilines is 1. The summed E-state index contributed by atoms with van der Waals surface area (Å²) in [4.78, 5) is 33.2. The van der Waals surface area contributed by atoms with E-state index < -0.39 is 30.2 Å². The Labute approximate surface area is 221 Å².